The van der Waals surface area contributed by atoms with E-state index in [0.29, 0.717) is 0 Å². The van der Waals surface area contributed by atoms with Crippen LogP contribution >= 0.6 is 11.8 Å². The molecule has 0 aliphatic heterocycles. The normalized spacial score (nSPS) is 16.3. The summed E-state index contributed by atoms with van der Waals surface area (Å²) in [6.45, 7) is 6.67. The van der Waals surface area contributed by atoms with Crippen LogP contribution in [0.2, 0.25) is 0 Å². The van der Waals surface area contributed by atoms with Gasteiger partial charge in [-0.3, -0.25) is 10.3 Å². The molecule has 1 unspecified atom stereocenters. The quantitative estimate of drug-likeness (QED) is 0.392. The molecule has 0 fully saturated rings. The first-order valence-corrected chi connectivity index (χ1v) is 6.03. The lowest BCUT2D eigenvalue weighted by atomic mass is 10.2. The summed E-state index contributed by atoms with van der Waals surface area (Å²) in [6.07, 6.45) is -1.57. The van der Waals surface area contributed by atoms with Gasteiger partial charge in [-0.05, 0) is 27.7 Å². The van der Waals surface area contributed by atoms with Gasteiger partial charge in [-0.25, -0.2) is 4.79 Å². The van der Waals surface area contributed by atoms with Crippen LogP contribution in [0.15, 0.2) is 4.99 Å². The van der Waals surface area contributed by atoms with Crippen LogP contribution in [0.4, 0.5) is 4.79 Å². The van der Waals surface area contributed by atoms with Crippen molar-refractivity contribution in [3.05, 3.63) is 0 Å². The first kappa shape index (κ1) is 16.2. The maximum Gasteiger partial charge on any atom is 0.413 e. The molecule has 0 aromatic heterocycles. The van der Waals surface area contributed by atoms with Crippen LogP contribution in [0, 0.1) is 0 Å². The molecule has 17 heavy (non-hydrogen) atoms. The molecule has 3 N–H and O–H groups in total. The van der Waals surface area contributed by atoms with Gasteiger partial charge >= 0.3 is 6.09 Å². The smallest absolute Gasteiger partial charge is 0.413 e. The highest BCUT2D eigenvalue weighted by Crippen LogP contribution is 2.13. The average molecular weight is 264 g/mol. The minimum Gasteiger partial charge on any atom is -0.444 e. The summed E-state index contributed by atoms with van der Waals surface area (Å²) in [5, 5.41) is 21.1. The van der Waals surface area contributed by atoms with Gasteiger partial charge in [0.2, 0.25) is 0 Å². The van der Waals surface area contributed by atoms with E-state index >= 15 is 0 Å². The van der Waals surface area contributed by atoms with Gasteiger partial charge in [-0.1, -0.05) is 11.8 Å². The Morgan fingerprint density at radius 3 is 2.29 bits per heavy atom. The Bertz CT molecular complexity index is 287. The zero-order chi connectivity index (χ0) is 13.6. The number of ether oxygens (including phenoxy) is 1. The number of aliphatic imine (C=N–C) groups is 1. The van der Waals surface area contributed by atoms with E-state index in [-0.39, 0.29) is 5.17 Å². The summed E-state index contributed by atoms with van der Waals surface area (Å²) in [7, 11) is 1.47. The molecule has 0 saturated heterocycles. The maximum absolute atomic E-state index is 11.4. The monoisotopic (exact) mass is 264 g/mol. The highest BCUT2D eigenvalue weighted by molar-refractivity contribution is 8.14. The van der Waals surface area contributed by atoms with E-state index in [1.807, 2.05) is 0 Å². The van der Waals surface area contributed by atoms with Gasteiger partial charge in [-0.2, -0.15) is 0 Å². The third-order valence-corrected chi connectivity index (χ3v) is 2.60. The second kappa shape index (κ2) is 6.83. The standard InChI is InChI=1S/C10H20N2O4S/c1-6(13)7(14)17-8(11-5)12-9(15)16-10(2,3)4/h6-7,13-14H,1-5H3,(H,11,12,15)/t6-,7?/m0/s1. The molecule has 1 amide bonds. The Morgan fingerprint density at radius 1 is 1.41 bits per heavy atom. The molecule has 0 aliphatic rings. The van der Waals surface area contributed by atoms with Gasteiger partial charge < -0.3 is 14.9 Å². The topological polar surface area (TPSA) is 91.2 Å². The molecule has 0 saturated carbocycles. The number of aliphatic hydroxyl groups is 2. The number of alkyl carbamates (subject to hydrolysis) is 1. The molecule has 0 rings (SSSR count). The molecule has 0 aliphatic carbocycles. The van der Waals surface area contributed by atoms with Crippen molar-refractivity contribution in [2.24, 2.45) is 4.99 Å². The zero-order valence-corrected chi connectivity index (χ0v) is 11.5. The second-order valence-electron chi connectivity index (χ2n) is 4.40. The van der Waals surface area contributed by atoms with Gasteiger partial charge in [0.05, 0.1) is 6.10 Å². The lowest BCUT2D eigenvalue weighted by molar-refractivity contribution is 0.0564. The first-order valence-electron chi connectivity index (χ1n) is 5.15. The van der Waals surface area contributed by atoms with Gasteiger partial charge in [0, 0.05) is 7.05 Å². The Kier molecular flexibility index (Phi) is 6.51. The second-order valence-corrected chi connectivity index (χ2v) is 5.51. The van der Waals surface area contributed by atoms with Crippen LogP contribution in [0.3, 0.4) is 0 Å². The molecule has 100 valence electrons. The Morgan fingerprint density at radius 2 is 1.94 bits per heavy atom. The fourth-order valence-corrected chi connectivity index (χ4v) is 1.42. The fourth-order valence-electron chi connectivity index (χ4n) is 0.742. The number of nitrogens with zero attached hydrogens (tertiary/aromatic N) is 1. The SMILES string of the molecule is CN=C(NC(=O)OC(C)(C)C)SC(O)[C@H](C)O. The summed E-state index contributed by atoms with van der Waals surface area (Å²) in [6, 6.07) is 0. The van der Waals surface area contributed by atoms with E-state index in [1.165, 1.54) is 14.0 Å². The van der Waals surface area contributed by atoms with Gasteiger partial charge in [-0.15, -0.1) is 0 Å². The van der Waals surface area contributed by atoms with Crippen LogP contribution < -0.4 is 5.32 Å². The number of aliphatic hydroxyl groups excluding tert-OH is 2. The zero-order valence-electron chi connectivity index (χ0n) is 10.7. The molecule has 0 aromatic rings. The highest BCUT2D eigenvalue weighted by atomic mass is 32.2. The summed E-state index contributed by atoms with van der Waals surface area (Å²) in [4.78, 5) is 15.2. The number of rotatable bonds is 2. The summed E-state index contributed by atoms with van der Waals surface area (Å²) < 4.78 is 5.02. The molecule has 0 heterocycles. The van der Waals surface area contributed by atoms with Gasteiger partial charge in [0.1, 0.15) is 11.0 Å². The van der Waals surface area contributed by atoms with Crippen molar-refractivity contribution in [1.82, 2.24) is 5.32 Å². The lowest BCUT2D eigenvalue weighted by Gasteiger charge is -2.20. The molecular formula is C10H20N2O4S. The van der Waals surface area contributed by atoms with Crippen molar-refractivity contribution in [2.45, 2.75) is 44.8 Å². The van der Waals surface area contributed by atoms with E-state index < -0.39 is 23.2 Å². The van der Waals surface area contributed by atoms with Crippen LogP contribution in [-0.2, 0) is 4.74 Å². The first-order chi connectivity index (χ1) is 7.65. The van der Waals surface area contributed by atoms with Crippen LogP contribution in [0.25, 0.3) is 0 Å². The van der Waals surface area contributed by atoms with Crippen LogP contribution in [-0.4, -0.2) is 45.7 Å². The predicted molar refractivity (Wildman–Crippen MR) is 68.0 cm³/mol. The number of nitrogens with one attached hydrogen (secondary N) is 1. The fraction of sp³-hybridized carbons (Fsp3) is 0.800. The number of amides is 1. The predicted octanol–water partition coefficient (Wildman–Crippen LogP) is 0.929. The van der Waals surface area contributed by atoms with Crippen molar-refractivity contribution in [3.8, 4) is 0 Å². The minimum absolute atomic E-state index is 0.188. The van der Waals surface area contributed by atoms with Crippen molar-refractivity contribution < 1.29 is 19.7 Å². The summed E-state index contributed by atoms with van der Waals surface area (Å²) >= 11 is 0.851. The van der Waals surface area contributed by atoms with Crippen molar-refractivity contribution in [3.63, 3.8) is 0 Å². The Labute approximate surface area is 105 Å². The molecule has 2 atom stereocenters. The molecule has 7 heteroatoms. The molecule has 0 bridgehead atoms. The number of hydrogen-bond acceptors (Lipinski definition) is 6. The Hall–Kier alpha value is -0.790. The van der Waals surface area contributed by atoms with Crippen molar-refractivity contribution in [2.75, 3.05) is 7.05 Å². The third-order valence-electron chi connectivity index (χ3n) is 1.46. The largest absolute Gasteiger partial charge is 0.444 e. The van der Waals surface area contributed by atoms with E-state index in [4.69, 9.17) is 9.84 Å². The number of carbonyl (C=O) groups is 1. The molecule has 0 aromatic carbocycles. The van der Waals surface area contributed by atoms with Crippen molar-refractivity contribution >= 4 is 23.0 Å². The average Bonchev–Trinajstić information content (AvgIpc) is 2.13. The summed E-state index contributed by atoms with van der Waals surface area (Å²) in [5.74, 6) is 0. The Balaban J connectivity index is 4.29. The number of thioether (sulfide) groups is 1. The van der Waals surface area contributed by atoms with E-state index in [0.717, 1.165) is 11.8 Å². The number of amidine groups is 1. The lowest BCUT2D eigenvalue weighted by Crippen LogP contribution is -2.36. The molecule has 6 nitrogen and oxygen atoms in total. The number of carbonyl (C=O) groups excluding carboxylic acids is 1. The van der Waals surface area contributed by atoms with E-state index in [1.54, 1.807) is 20.8 Å². The summed E-state index contributed by atoms with van der Waals surface area (Å²) in [5.41, 5.74) is -1.65. The van der Waals surface area contributed by atoms with Crippen molar-refractivity contribution in [1.29, 1.82) is 0 Å². The minimum atomic E-state index is -1.05. The molecular weight excluding hydrogens is 244 g/mol. The molecule has 0 radical (unpaired) electrons. The van der Waals surface area contributed by atoms with E-state index in [9.17, 15) is 9.90 Å². The number of hydrogen-bond donors (Lipinski definition) is 3. The van der Waals surface area contributed by atoms with E-state index in [2.05, 4.69) is 10.3 Å². The van der Waals surface area contributed by atoms with Crippen LogP contribution in [0.5, 0.6) is 0 Å². The van der Waals surface area contributed by atoms with Gasteiger partial charge in [0.25, 0.3) is 0 Å². The maximum atomic E-state index is 11.4. The van der Waals surface area contributed by atoms with Crippen LogP contribution in [0.1, 0.15) is 27.7 Å². The molecule has 0 spiro atoms. The highest BCUT2D eigenvalue weighted by Gasteiger charge is 2.20. The third kappa shape index (κ3) is 8.00. The van der Waals surface area contributed by atoms with Gasteiger partial charge in [0.15, 0.2) is 5.17 Å².